The van der Waals surface area contributed by atoms with Crippen molar-refractivity contribution in [3.8, 4) is 0 Å². The molecule has 0 radical (unpaired) electrons. The predicted molar refractivity (Wildman–Crippen MR) is 77.9 cm³/mol. The predicted octanol–water partition coefficient (Wildman–Crippen LogP) is 0.444. The zero-order valence-corrected chi connectivity index (χ0v) is 12.9. The summed E-state index contributed by atoms with van der Waals surface area (Å²) >= 11 is 5.73. The van der Waals surface area contributed by atoms with Gasteiger partial charge in [0, 0.05) is 6.07 Å². The largest absolute Gasteiger partial charge is 0.342 e. The van der Waals surface area contributed by atoms with E-state index in [9.17, 15) is 18.5 Å². The summed E-state index contributed by atoms with van der Waals surface area (Å²) in [7, 11) is -3.75. The van der Waals surface area contributed by atoms with Crippen LogP contribution in [-0.2, 0) is 20.8 Å². The molecule has 0 fully saturated rings. The van der Waals surface area contributed by atoms with E-state index in [1.807, 2.05) is 0 Å². The molecular formula is C10H12ClN5O5S. The lowest BCUT2D eigenvalue weighted by atomic mass is 10.2. The molecule has 1 heterocycles. The van der Waals surface area contributed by atoms with Crippen LogP contribution in [0.1, 0.15) is 5.56 Å². The van der Waals surface area contributed by atoms with Gasteiger partial charge in [-0.05, 0) is 11.6 Å². The summed E-state index contributed by atoms with van der Waals surface area (Å²) < 4.78 is 26.7. The number of hydrogen-bond donors (Lipinski definition) is 1. The fourth-order valence-electron chi connectivity index (χ4n) is 1.74. The van der Waals surface area contributed by atoms with Crippen LogP contribution in [0.25, 0.3) is 0 Å². The number of hydrogen-bond acceptors (Lipinski definition) is 9. The van der Waals surface area contributed by atoms with Crippen LogP contribution >= 0.6 is 11.6 Å². The highest BCUT2D eigenvalue weighted by molar-refractivity contribution is 7.86. The fourth-order valence-corrected chi connectivity index (χ4v) is 2.33. The van der Waals surface area contributed by atoms with Crippen LogP contribution in [0.4, 0.5) is 5.69 Å². The zero-order chi connectivity index (χ0) is 16.5. The number of amidine groups is 1. The van der Waals surface area contributed by atoms with Crippen molar-refractivity contribution in [3.05, 3.63) is 38.9 Å². The first-order chi connectivity index (χ1) is 10.2. The molecule has 0 saturated heterocycles. The summed E-state index contributed by atoms with van der Waals surface area (Å²) in [6.07, 6.45) is 0.870. The second-order valence-electron chi connectivity index (χ2n) is 4.49. The van der Waals surface area contributed by atoms with E-state index in [1.165, 1.54) is 17.1 Å². The smallest absolute Gasteiger partial charge is 0.342 e. The highest BCUT2D eigenvalue weighted by Crippen LogP contribution is 2.26. The van der Waals surface area contributed by atoms with Gasteiger partial charge in [-0.15, -0.1) is 5.10 Å². The molecule has 0 atom stereocenters. The van der Waals surface area contributed by atoms with Crippen molar-refractivity contribution in [1.82, 2.24) is 10.0 Å². The first-order valence-corrected chi connectivity index (χ1v) is 8.03. The second kappa shape index (κ2) is 5.94. The summed E-state index contributed by atoms with van der Waals surface area (Å²) in [5.41, 5.74) is 0.341. The molecule has 2 rings (SSSR count). The Balaban J connectivity index is 2.15. The third kappa shape index (κ3) is 3.96. The molecule has 1 aliphatic heterocycles. The van der Waals surface area contributed by atoms with Crippen LogP contribution in [0.3, 0.4) is 0 Å². The monoisotopic (exact) mass is 349 g/mol. The first-order valence-electron chi connectivity index (χ1n) is 5.84. The van der Waals surface area contributed by atoms with Crippen LogP contribution in [-0.4, -0.2) is 42.3 Å². The van der Waals surface area contributed by atoms with Gasteiger partial charge >= 0.3 is 16.1 Å². The highest BCUT2D eigenvalue weighted by Gasteiger charge is 2.25. The van der Waals surface area contributed by atoms with E-state index in [4.69, 9.17) is 17.4 Å². The van der Waals surface area contributed by atoms with Crippen LogP contribution in [0.15, 0.2) is 23.3 Å². The van der Waals surface area contributed by atoms with Crippen molar-refractivity contribution in [2.45, 2.75) is 6.54 Å². The van der Waals surface area contributed by atoms with Gasteiger partial charge in [-0.3, -0.25) is 15.1 Å². The van der Waals surface area contributed by atoms with E-state index in [0.717, 1.165) is 11.3 Å². The van der Waals surface area contributed by atoms with Crippen molar-refractivity contribution in [1.29, 1.82) is 0 Å². The summed E-state index contributed by atoms with van der Waals surface area (Å²) in [5, 5.41) is 17.2. The minimum atomic E-state index is -3.75. The van der Waals surface area contributed by atoms with Crippen LogP contribution in [0, 0.1) is 10.1 Å². The molecular weight excluding hydrogens is 338 g/mol. The normalized spacial score (nSPS) is 15.0. The summed E-state index contributed by atoms with van der Waals surface area (Å²) in [5.74, 6) is 5.57. The average Bonchev–Trinajstić information content (AvgIpc) is 2.69. The molecule has 12 heteroatoms. The molecule has 2 N–H and O–H groups in total. The molecule has 0 spiro atoms. The number of rotatable bonds is 4. The van der Waals surface area contributed by atoms with Gasteiger partial charge in [0.2, 0.25) is 0 Å². The molecule has 120 valence electrons. The third-order valence-corrected chi connectivity index (χ3v) is 3.36. The molecule has 0 saturated carbocycles. The number of hydrazine groups is 1. The number of nitrogens with zero attached hydrogens (tertiary/aromatic N) is 4. The molecule has 22 heavy (non-hydrogen) atoms. The van der Waals surface area contributed by atoms with Gasteiger partial charge in [0.15, 0.2) is 0 Å². The first kappa shape index (κ1) is 16.3. The molecule has 0 aromatic heterocycles. The van der Waals surface area contributed by atoms with E-state index in [1.54, 1.807) is 6.07 Å². The molecule has 0 bridgehead atoms. The second-order valence-corrected chi connectivity index (χ2v) is 6.47. The lowest BCUT2D eigenvalue weighted by Crippen LogP contribution is -2.38. The number of nitro groups is 1. The molecule has 1 aromatic rings. The van der Waals surface area contributed by atoms with Crippen molar-refractivity contribution in [3.63, 3.8) is 0 Å². The summed E-state index contributed by atoms with van der Waals surface area (Å²) in [4.78, 5) is 10.2. The van der Waals surface area contributed by atoms with Crippen molar-refractivity contribution in [2.75, 3.05) is 12.9 Å². The van der Waals surface area contributed by atoms with Crippen LogP contribution < -0.4 is 5.84 Å². The molecule has 0 unspecified atom stereocenters. The maximum Gasteiger partial charge on any atom is 0.342 e. The Labute approximate surface area is 130 Å². The Bertz CT molecular complexity index is 737. The van der Waals surface area contributed by atoms with Gasteiger partial charge in [-0.1, -0.05) is 17.7 Å². The number of nitrogens with two attached hydrogens (primary N) is 1. The SMILES string of the molecule is CS(=O)(=O)OC1=NN(Cc2ccc(Cl)c([N+](=O)[O-])c2)CN1N. The topological polar surface area (TPSA) is 131 Å². The van der Waals surface area contributed by atoms with Gasteiger partial charge < -0.3 is 4.18 Å². The van der Waals surface area contributed by atoms with E-state index >= 15 is 0 Å². The summed E-state index contributed by atoms with van der Waals surface area (Å²) in [6, 6.07) is 4.05. The quantitative estimate of drug-likeness (QED) is 0.358. The molecule has 10 nitrogen and oxygen atoms in total. The minimum Gasteiger partial charge on any atom is -0.342 e. The maximum absolute atomic E-state index is 11.1. The average molecular weight is 350 g/mol. The number of hydrazone groups is 1. The Hall–Kier alpha value is -2.11. The van der Waals surface area contributed by atoms with E-state index < -0.39 is 15.0 Å². The Morgan fingerprint density at radius 2 is 2.23 bits per heavy atom. The van der Waals surface area contributed by atoms with Gasteiger partial charge in [-0.25, -0.2) is 10.9 Å². The van der Waals surface area contributed by atoms with E-state index in [0.29, 0.717) is 5.56 Å². The van der Waals surface area contributed by atoms with Gasteiger partial charge in [0.1, 0.15) is 11.7 Å². The van der Waals surface area contributed by atoms with Crippen molar-refractivity contribution in [2.24, 2.45) is 10.9 Å². The van der Waals surface area contributed by atoms with E-state index in [-0.39, 0.29) is 29.9 Å². The van der Waals surface area contributed by atoms with Crippen LogP contribution in [0.5, 0.6) is 0 Å². The Morgan fingerprint density at radius 1 is 1.55 bits per heavy atom. The fraction of sp³-hybridized carbons (Fsp3) is 0.300. The van der Waals surface area contributed by atoms with Crippen molar-refractivity contribution >= 4 is 33.4 Å². The van der Waals surface area contributed by atoms with E-state index in [2.05, 4.69) is 9.28 Å². The van der Waals surface area contributed by atoms with Gasteiger partial charge in [0.05, 0.1) is 17.7 Å². The van der Waals surface area contributed by atoms with Gasteiger partial charge in [-0.2, -0.15) is 8.42 Å². The number of nitro benzene ring substituents is 1. The lowest BCUT2D eigenvalue weighted by molar-refractivity contribution is -0.384. The summed E-state index contributed by atoms with van der Waals surface area (Å²) in [6.45, 7) is 0.240. The van der Waals surface area contributed by atoms with Crippen LogP contribution in [0.2, 0.25) is 5.02 Å². The lowest BCUT2D eigenvalue weighted by Gasteiger charge is -2.15. The molecule has 1 aliphatic rings. The standard InChI is InChI=1S/C10H12ClN5O5S/c1-22(19,20)21-10-13-14(6-15(10)12)5-7-2-3-8(11)9(4-7)16(17)18/h2-4H,5-6,12H2,1H3. The minimum absolute atomic E-state index is 0.0280. The zero-order valence-electron chi connectivity index (χ0n) is 11.3. The van der Waals surface area contributed by atoms with Gasteiger partial charge in [0.25, 0.3) is 5.69 Å². The number of benzene rings is 1. The molecule has 0 amide bonds. The Morgan fingerprint density at radius 3 is 2.82 bits per heavy atom. The third-order valence-electron chi connectivity index (χ3n) is 2.59. The molecule has 1 aromatic carbocycles. The number of halogens is 1. The Kier molecular flexibility index (Phi) is 4.39. The van der Waals surface area contributed by atoms with Crippen molar-refractivity contribution < 1.29 is 17.5 Å². The highest BCUT2D eigenvalue weighted by atomic mass is 35.5. The maximum atomic E-state index is 11.1. The molecule has 0 aliphatic carbocycles.